The first-order valence-electron chi connectivity index (χ1n) is 7.55. The van der Waals surface area contributed by atoms with Gasteiger partial charge >= 0.3 is 0 Å². The molecule has 1 fully saturated rings. The molecule has 3 heteroatoms. The summed E-state index contributed by atoms with van der Waals surface area (Å²) in [7, 11) is 0. The van der Waals surface area contributed by atoms with Gasteiger partial charge in [-0.05, 0) is 55.4 Å². The minimum Gasteiger partial charge on any atom is -0.397 e. The number of nitrogens with one attached hydrogen (secondary N) is 1. The molecule has 0 radical (unpaired) electrons. The van der Waals surface area contributed by atoms with Crippen LogP contribution in [-0.2, 0) is 0 Å². The van der Waals surface area contributed by atoms with Gasteiger partial charge in [0, 0.05) is 17.6 Å². The molecule has 3 nitrogen and oxygen atoms in total. The maximum Gasteiger partial charge on any atom is 0.0724 e. The van der Waals surface area contributed by atoms with Gasteiger partial charge in [0.2, 0.25) is 0 Å². The number of pyridine rings is 1. The molecule has 0 amide bonds. The molecular weight excluding hydrogens is 246 g/mol. The maximum atomic E-state index is 6.30. The zero-order valence-corrected chi connectivity index (χ0v) is 12.3. The van der Waals surface area contributed by atoms with Crippen LogP contribution >= 0.6 is 0 Å². The zero-order valence-electron chi connectivity index (χ0n) is 12.3. The average Bonchev–Trinajstić information content (AvgIpc) is 2.46. The van der Waals surface area contributed by atoms with E-state index in [1.165, 1.54) is 19.3 Å². The zero-order chi connectivity index (χ0) is 14.1. The Morgan fingerprint density at radius 3 is 2.80 bits per heavy atom. The molecule has 3 unspecified atom stereocenters. The van der Waals surface area contributed by atoms with Gasteiger partial charge < -0.3 is 11.1 Å². The molecule has 0 aliphatic heterocycles. The van der Waals surface area contributed by atoms with Crippen molar-refractivity contribution in [3.63, 3.8) is 0 Å². The standard InChI is InChI=1S/C17H23N3/c1-11-5-6-13(10-12(11)2)20-16-8-7-15-14(17(16)18)4-3-9-19-15/h3-4,7-9,11-13,20H,5-6,10,18H2,1-2H3. The number of rotatable bonds is 2. The van der Waals surface area contributed by atoms with E-state index in [1.807, 2.05) is 18.2 Å². The van der Waals surface area contributed by atoms with Crippen LogP contribution in [0.1, 0.15) is 33.1 Å². The van der Waals surface area contributed by atoms with Crippen molar-refractivity contribution in [1.82, 2.24) is 4.98 Å². The fraction of sp³-hybridized carbons (Fsp3) is 0.471. The van der Waals surface area contributed by atoms with E-state index in [9.17, 15) is 0 Å². The molecule has 1 aliphatic carbocycles. The van der Waals surface area contributed by atoms with Crippen LogP contribution in [-0.4, -0.2) is 11.0 Å². The number of aromatic nitrogens is 1. The molecule has 1 heterocycles. The van der Waals surface area contributed by atoms with Crippen molar-refractivity contribution in [2.24, 2.45) is 11.8 Å². The normalized spacial score (nSPS) is 26.6. The first kappa shape index (κ1) is 13.2. The van der Waals surface area contributed by atoms with Gasteiger partial charge in [0.25, 0.3) is 0 Å². The Balaban J connectivity index is 1.83. The Hall–Kier alpha value is -1.77. The second kappa shape index (κ2) is 5.31. The summed E-state index contributed by atoms with van der Waals surface area (Å²) in [5, 5.41) is 4.68. The molecule has 20 heavy (non-hydrogen) atoms. The molecular formula is C17H23N3. The van der Waals surface area contributed by atoms with Crippen molar-refractivity contribution < 1.29 is 0 Å². The molecule has 3 atom stereocenters. The minimum atomic E-state index is 0.539. The second-order valence-corrected chi connectivity index (χ2v) is 6.21. The lowest BCUT2D eigenvalue weighted by Crippen LogP contribution is -2.30. The summed E-state index contributed by atoms with van der Waals surface area (Å²) in [5.41, 5.74) is 9.13. The molecule has 3 N–H and O–H groups in total. The van der Waals surface area contributed by atoms with Gasteiger partial charge in [0.1, 0.15) is 0 Å². The van der Waals surface area contributed by atoms with E-state index in [4.69, 9.17) is 5.73 Å². The smallest absolute Gasteiger partial charge is 0.0724 e. The van der Waals surface area contributed by atoms with Gasteiger partial charge in [-0.15, -0.1) is 0 Å². The number of nitrogens with zero attached hydrogens (tertiary/aromatic N) is 1. The predicted molar refractivity (Wildman–Crippen MR) is 85.7 cm³/mol. The summed E-state index contributed by atoms with van der Waals surface area (Å²) < 4.78 is 0. The highest BCUT2D eigenvalue weighted by atomic mass is 14.9. The lowest BCUT2D eigenvalue weighted by Gasteiger charge is -2.33. The summed E-state index contributed by atoms with van der Waals surface area (Å²) in [6, 6.07) is 8.62. The maximum absolute atomic E-state index is 6.30. The third-order valence-corrected chi connectivity index (χ3v) is 4.78. The molecule has 1 saturated carbocycles. The van der Waals surface area contributed by atoms with Crippen LogP contribution in [0.4, 0.5) is 11.4 Å². The van der Waals surface area contributed by atoms with Crippen LogP contribution < -0.4 is 11.1 Å². The molecule has 2 aromatic rings. The number of hydrogen-bond acceptors (Lipinski definition) is 3. The molecule has 0 spiro atoms. The number of nitrogen functional groups attached to an aromatic ring is 1. The number of benzene rings is 1. The van der Waals surface area contributed by atoms with E-state index in [0.29, 0.717) is 6.04 Å². The molecule has 106 valence electrons. The molecule has 1 aliphatic rings. The molecule has 1 aromatic heterocycles. The molecule has 1 aromatic carbocycles. The van der Waals surface area contributed by atoms with E-state index in [1.54, 1.807) is 6.20 Å². The summed E-state index contributed by atoms with van der Waals surface area (Å²) in [4.78, 5) is 4.34. The largest absolute Gasteiger partial charge is 0.397 e. The molecule has 0 bridgehead atoms. The summed E-state index contributed by atoms with van der Waals surface area (Å²) in [5.74, 6) is 1.62. The Kier molecular flexibility index (Phi) is 3.51. The lowest BCUT2D eigenvalue weighted by molar-refractivity contribution is 0.261. The quantitative estimate of drug-likeness (QED) is 0.808. The highest BCUT2D eigenvalue weighted by Gasteiger charge is 2.24. The lowest BCUT2D eigenvalue weighted by atomic mass is 9.79. The number of nitrogens with two attached hydrogens (primary N) is 1. The monoisotopic (exact) mass is 269 g/mol. The van der Waals surface area contributed by atoms with Crippen molar-refractivity contribution in [2.45, 2.75) is 39.2 Å². The topological polar surface area (TPSA) is 50.9 Å². The number of anilines is 2. The van der Waals surface area contributed by atoms with Crippen LogP contribution in [0.25, 0.3) is 10.9 Å². The SMILES string of the molecule is CC1CCC(Nc2ccc3ncccc3c2N)CC1C. The highest BCUT2D eigenvalue weighted by Crippen LogP contribution is 2.33. The average molecular weight is 269 g/mol. The second-order valence-electron chi connectivity index (χ2n) is 6.21. The Bertz CT molecular complexity index is 608. The Labute approximate surface area is 120 Å². The van der Waals surface area contributed by atoms with Crippen LogP contribution in [0.2, 0.25) is 0 Å². The van der Waals surface area contributed by atoms with Crippen LogP contribution in [0, 0.1) is 11.8 Å². The first-order chi connectivity index (χ1) is 9.65. The van der Waals surface area contributed by atoms with Crippen molar-refractivity contribution in [3.05, 3.63) is 30.5 Å². The first-order valence-corrected chi connectivity index (χ1v) is 7.55. The molecule has 3 rings (SSSR count). The fourth-order valence-corrected chi connectivity index (χ4v) is 3.20. The van der Waals surface area contributed by atoms with Gasteiger partial charge in [0.05, 0.1) is 16.9 Å². The van der Waals surface area contributed by atoms with Crippen molar-refractivity contribution in [1.29, 1.82) is 0 Å². The third kappa shape index (κ3) is 2.45. The van der Waals surface area contributed by atoms with Gasteiger partial charge in [-0.25, -0.2) is 0 Å². The van der Waals surface area contributed by atoms with Crippen LogP contribution in [0.5, 0.6) is 0 Å². The Morgan fingerprint density at radius 2 is 2.00 bits per heavy atom. The summed E-state index contributed by atoms with van der Waals surface area (Å²) >= 11 is 0. The van der Waals surface area contributed by atoms with Crippen molar-refractivity contribution >= 4 is 22.3 Å². The van der Waals surface area contributed by atoms with E-state index in [2.05, 4.69) is 30.2 Å². The summed E-state index contributed by atoms with van der Waals surface area (Å²) in [6.07, 6.45) is 5.56. The number of hydrogen-bond donors (Lipinski definition) is 2. The van der Waals surface area contributed by atoms with E-state index >= 15 is 0 Å². The van der Waals surface area contributed by atoms with Gasteiger partial charge in [-0.3, -0.25) is 4.98 Å². The van der Waals surface area contributed by atoms with E-state index in [0.717, 1.165) is 34.1 Å². The fourth-order valence-electron chi connectivity index (χ4n) is 3.20. The van der Waals surface area contributed by atoms with E-state index < -0.39 is 0 Å². The van der Waals surface area contributed by atoms with Crippen molar-refractivity contribution in [2.75, 3.05) is 11.1 Å². The predicted octanol–water partition coefficient (Wildman–Crippen LogP) is 4.05. The van der Waals surface area contributed by atoms with Gasteiger partial charge in [0.15, 0.2) is 0 Å². The number of fused-ring (bicyclic) bond motifs is 1. The molecule has 0 saturated heterocycles. The Morgan fingerprint density at radius 1 is 1.15 bits per heavy atom. The minimum absolute atomic E-state index is 0.539. The van der Waals surface area contributed by atoms with Gasteiger partial charge in [-0.1, -0.05) is 13.8 Å². The highest BCUT2D eigenvalue weighted by molar-refractivity contribution is 5.96. The van der Waals surface area contributed by atoms with Crippen LogP contribution in [0.15, 0.2) is 30.5 Å². The van der Waals surface area contributed by atoms with Crippen molar-refractivity contribution in [3.8, 4) is 0 Å². The van der Waals surface area contributed by atoms with E-state index in [-0.39, 0.29) is 0 Å². The summed E-state index contributed by atoms with van der Waals surface area (Å²) in [6.45, 7) is 4.71. The van der Waals surface area contributed by atoms with Crippen LogP contribution in [0.3, 0.4) is 0 Å². The third-order valence-electron chi connectivity index (χ3n) is 4.78. The van der Waals surface area contributed by atoms with Gasteiger partial charge in [-0.2, -0.15) is 0 Å².